The van der Waals surface area contributed by atoms with Gasteiger partial charge in [0.25, 0.3) is 0 Å². The number of para-hydroxylation sites is 1. The van der Waals surface area contributed by atoms with Crippen molar-refractivity contribution in [2.24, 2.45) is 0 Å². The molecule has 0 unspecified atom stereocenters. The number of hydrogen-bond acceptors (Lipinski definition) is 6. The van der Waals surface area contributed by atoms with Crippen LogP contribution in [0.2, 0.25) is 0 Å². The zero-order chi connectivity index (χ0) is 20.9. The number of thiophene rings is 1. The molecule has 4 rings (SSSR count). The minimum atomic E-state index is -0.180. The van der Waals surface area contributed by atoms with Crippen LogP contribution in [0.4, 0.5) is 5.69 Å². The van der Waals surface area contributed by atoms with Crippen molar-refractivity contribution in [1.82, 2.24) is 14.8 Å². The predicted octanol–water partition coefficient (Wildman–Crippen LogP) is 4.93. The Hall–Kier alpha value is -3.23. The van der Waals surface area contributed by atoms with Crippen molar-refractivity contribution in [2.75, 3.05) is 11.1 Å². The number of carbonyl (C=O) groups excluding carboxylic acids is 2. The number of ketones is 1. The van der Waals surface area contributed by atoms with E-state index in [1.165, 1.54) is 18.7 Å². The third kappa shape index (κ3) is 4.50. The van der Waals surface area contributed by atoms with Crippen LogP contribution in [0.3, 0.4) is 0 Å². The van der Waals surface area contributed by atoms with E-state index in [0.717, 1.165) is 16.4 Å². The van der Waals surface area contributed by atoms with Crippen molar-refractivity contribution in [3.63, 3.8) is 0 Å². The van der Waals surface area contributed by atoms with Gasteiger partial charge in [0.05, 0.1) is 10.6 Å². The van der Waals surface area contributed by atoms with E-state index in [1.807, 2.05) is 52.4 Å². The fraction of sp³-hybridized carbons (Fsp3) is 0.0909. The lowest BCUT2D eigenvalue weighted by molar-refractivity contribution is -0.113. The molecule has 0 spiro atoms. The van der Waals surface area contributed by atoms with Crippen LogP contribution in [0.5, 0.6) is 0 Å². The normalized spacial score (nSPS) is 10.7. The Bertz CT molecular complexity index is 1170. The molecule has 0 radical (unpaired) electrons. The quantitative estimate of drug-likeness (QED) is 0.330. The number of Topliss-reactive ketones (excluding diaryl/α,β-unsaturated/α-hetero) is 1. The van der Waals surface area contributed by atoms with Gasteiger partial charge < -0.3 is 5.32 Å². The fourth-order valence-electron chi connectivity index (χ4n) is 2.88. The summed E-state index contributed by atoms with van der Waals surface area (Å²) in [6.45, 7) is 1.50. The highest BCUT2D eigenvalue weighted by molar-refractivity contribution is 7.99. The molecule has 1 N–H and O–H groups in total. The van der Waals surface area contributed by atoms with Crippen molar-refractivity contribution >= 4 is 40.5 Å². The zero-order valence-electron chi connectivity index (χ0n) is 16.1. The van der Waals surface area contributed by atoms with Crippen molar-refractivity contribution in [2.45, 2.75) is 12.1 Å². The van der Waals surface area contributed by atoms with Crippen LogP contribution >= 0.6 is 23.1 Å². The highest BCUT2D eigenvalue weighted by Crippen LogP contribution is 2.30. The molecule has 0 bridgehead atoms. The predicted molar refractivity (Wildman–Crippen MR) is 120 cm³/mol. The number of hydrogen-bond donors (Lipinski definition) is 1. The topological polar surface area (TPSA) is 76.9 Å². The summed E-state index contributed by atoms with van der Waals surface area (Å²) in [5, 5.41) is 14.1. The van der Waals surface area contributed by atoms with Crippen LogP contribution in [-0.4, -0.2) is 32.2 Å². The second-order valence-electron chi connectivity index (χ2n) is 6.43. The molecule has 0 fully saturated rings. The molecule has 1 amide bonds. The Balaban J connectivity index is 1.53. The SMILES string of the molecule is CC(=O)c1cccc(NC(=O)CSc2nnc(-c3cccs3)n2-c2ccccc2)c1. The number of thioether (sulfide) groups is 1. The number of carbonyl (C=O) groups is 2. The molecule has 6 nitrogen and oxygen atoms in total. The molecule has 30 heavy (non-hydrogen) atoms. The molecule has 2 aromatic heterocycles. The summed E-state index contributed by atoms with van der Waals surface area (Å²) in [5.41, 5.74) is 2.09. The summed E-state index contributed by atoms with van der Waals surface area (Å²) in [6, 6.07) is 20.7. The van der Waals surface area contributed by atoms with E-state index in [9.17, 15) is 9.59 Å². The molecule has 0 atom stereocenters. The van der Waals surface area contributed by atoms with Crippen molar-refractivity contribution < 1.29 is 9.59 Å². The molecular weight excluding hydrogens is 416 g/mol. The van der Waals surface area contributed by atoms with E-state index in [2.05, 4.69) is 15.5 Å². The van der Waals surface area contributed by atoms with Gasteiger partial charge in [-0.3, -0.25) is 14.2 Å². The van der Waals surface area contributed by atoms with Crippen LogP contribution in [-0.2, 0) is 4.79 Å². The van der Waals surface area contributed by atoms with Crippen molar-refractivity contribution in [3.05, 3.63) is 77.7 Å². The minimum absolute atomic E-state index is 0.0439. The third-order valence-electron chi connectivity index (χ3n) is 4.27. The molecule has 8 heteroatoms. The third-order valence-corrected chi connectivity index (χ3v) is 6.07. The highest BCUT2D eigenvalue weighted by Gasteiger charge is 2.18. The first kappa shape index (κ1) is 20.1. The van der Waals surface area contributed by atoms with E-state index < -0.39 is 0 Å². The largest absolute Gasteiger partial charge is 0.325 e. The van der Waals surface area contributed by atoms with Crippen LogP contribution in [0, 0.1) is 0 Å². The summed E-state index contributed by atoms with van der Waals surface area (Å²) >= 11 is 2.90. The molecular formula is C22H18N4O2S2. The molecule has 0 aliphatic heterocycles. The second kappa shape index (κ2) is 9.06. The Morgan fingerprint density at radius 3 is 2.60 bits per heavy atom. The van der Waals surface area contributed by atoms with Gasteiger partial charge in [0, 0.05) is 16.9 Å². The molecule has 0 saturated carbocycles. The Kier molecular flexibility index (Phi) is 6.06. The lowest BCUT2D eigenvalue weighted by atomic mass is 10.1. The fourth-order valence-corrected chi connectivity index (χ4v) is 4.33. The maximum atomic E-state index is 12.5. The van der Waals surface area contributed by atoms with E-state index in [4.69, 9.17) is 0 Å². The van der Waals surface area contributed by atoms with E-state index in [0.29, 0.717) is 16.4 Å². The van der Waals surface area contributed by atoms with Crippen LogP contribution in [0.15, 0.2) is 77.3 Å². The van der Waals surface area contributed by atoms with E-state index >= 15 is 0 Å². The van der Waals surface area contributed by atoms with Gasteiger partial charge in [0.15, 0.2) is 16.8 Å². The van der Waals surface area contributed by atoms with Crippen LogP contribution in [0.1, 0.15) is 17.3 Å². The first-order valence-corrected chi connectivity index (χ1v) is 11.1. The van der Waals surface area contributed by atoms with E-state index in [1.54, 1.807) is 35.6 Å². The van der Waals surface area contributed by atoms with Gasteiger partial charge in [-0.2, -0.15) is 0 Å². The van der Waals surface area contributed by atoms with Gasteiger partial charge in [-0.25, -0.2) is 0 Å². The van der Waals surface area contributed by atoms with Gasteiger partial charge in [0.1, 0.15) is 0 Å². The standard InChI is InChI=1S/C22H18N4O2S2/c1-15(27)16-7-5-8-17(13-16)23-20(28)14-30-22-25-24-21(19-11-6-12-29-19)26(22)18-9-3-2-4-10-18/h2-13H,14H2,1H3,(H,23,28). The second-order valence-corrected chi connectivity index (χ2v) is 8.32. The molecule has 150 valence electrons. The highest BCUT2D eigenvalue weighted by atomic mass is 32.2. The lowest BCUT2D eigenvalue weighted by Crippen LogP contribution is -2.15. The number of anilines is 1. The smallest absolute Gasteiger partial charge is 0.234 e. The molecule has 2 heterocycles. The molecule has 2 aromatic carbocycles. The van der Waals surface area contributed by atoms with Crippen LogP contribution < -0.4 is 5.32 Å². The van der Waals surface area contributed by atoms with Gasteiger partial charge >= 0.3 is 0 Å². The maximum Gasteiger partial charge on any atom is 0.234 e. The summed E-state index contributed by atoms with van der Waals surface area (Å²) in [6.07, 6.45) is 0. The number of rotatable bonds is 7. The number of nitrogens with one attached hydrogen (secondary N) is 1. The number of aromatic nitrogens is 3. The lowest BCUT2D eigenvalue weighted by Gasteiger charge is -2.10. The van der Waals surface area contributed by atoms with E-state index in [-0.39, 0.29) is 17.4 Å². The molecule has 4 aromatic rings. The van der Waals surface area contributed by atoms with Crippen molar-refractivity contribution in [3.8, 4) is 16.4 Å². The monoisotopic (exact) mass is 434 g/mol. The Labute approximate surface area is 182 Å². The minimum Gasteiger partial charge on any atom is -0.325 e. The summed E-state index contributed by atoms with van der Waals surface area (Å²) in [7, 11) is 0. The molecule has 0 saturated heterocycles. The summed E-state index contributed by atoms with van der Waals surface area (Å²) in [4.78, 5) is 25.0. The number of amides is 1. The maximum absolute atomic E-state index is 12.5. The van der Waals surface area contributed by atoms with Crippen molar-refractivity contribution in [1.29, 1.82) is 0 Å². The average Bonchev–Trinajstić information content (AvgIpc) is 3.43. The molecule has 0 aliphatic rings. The Morgan fingerprint density at radius 2 is 1.87 bits per heavy atom. The van der Waals surface area contributed by atoms with Gasteiger partial charge in [-0.15, -0.1) is 21.5 Å². The number of nitrogens with zero attached hydrogens (tertiary/aromatic N) is 3. The Morgan fingerprint density at radius 1 is 1.03 bits per heavy atom. The summed E-state index contributed by atoms with van der Waals surface area (Å²) in [5.74, 6) is 0.687. The average molecular weight is 435 g/mol. The summed E-state index contributed by atoms with van der Waals surface area (Å²) < 4.78 is 1.96. The van der Waals surface area contributed by atoms with Gasteiger partial charge in [-0.1, -0.05) is 48.2 Å². The molecule has 0 aliphatic carbocycles. The first-order valence-electron chi connectivity index (χ1n) is 9.20. The zero-order valence-corrected chi connectivity index (χ0v) is 17.7. The van der Waals surface area contributed by atoms with Crippen LogP contribution in [0.25, 0.3) is 16.4 Å². The van der Waals surface area contributed by atoms with Gasteiger partial charge in [-0.05, 0) is 42.6 Å². The van der Waals surface area contributed by atoms with Gasteiger partial charge in [0.2, 0.25) is 5.91 Å². The number of benzene rings is 2. The first-order chi connectivity index (χ1) is 14.6.